The highest BCUT2D eigenvalue weighted by Crippen LogP contribution is 2.24. The van der Waals surface area contributed by atoms with Crippen molar-refractivity contribution in [1.29, 1.82) is 0 Å². The summed E-state index contributed by atoms with van der Waals surface area (Å²) < 4.78 is 0.513. The summed E-state index contributed by atoms with van der Waals surface area (Å²) in [6, 6.07) is -0.352. The Balaban J connectivity index is 2.03. The molecule has 1 atom stereocenters. The van der Waals surface area contributed by atoms with Crippen molar-refractivity contribution >= 4 is 28.9 Å². The molecule has 88 valence electrons. The number of halogens is 1. The summed E-state index contributed by atoms with van der Waals surface area (Å²) in [7, 11) is 0. The highest BCUT2D eigenvalue weighted by molar-refractivity contribution is 7.15. The zero-order valence-corrected chi connectivity index (χ0v) is 10.3. The van der Waals surface area contributed by atoms with Crippen LogP contribution in [-0.4, -0.2) is 33.5 Å². The van der Waals surface area contributed by atoms with E-state index in [4.69, 9.17) is 16.7 Å². The first-order valence-corrected chi connectivity index (χ1v) is 6.43. The van der Waals surface area contributed by atoms with E-state index in [9.17, 15) is 4.79 Å². The van der Waals surface area contributed by atoms with Crippen LogP contribution in [0.25, 0.3) is 0 Å². The molecule has 0 bridgehead atoms. The second-order valence-corrected chi connectivity index (χ2v) is 5.60. The first-order chi connectivity index (χ1) is 7.66. The van der Waals surface area contributed by atoms with E-state index < -0.39 is 5.97 Å². The number of hydrogen-bond donors (Lipinski definition) is 1. The molecule has 2 rings (SSSR count). The summed E-state index contributed by atoms with van der Waals surface area (Å²) in [6.45, 7) is 1.48. The van der Waals surface area contributed by atoms with Crippen LogP contribution in [-0.2, 0) is 11.3 Å². The molecule has 16 heavy (non-hydrogen) atoms. The van der Waals surface area contributed by atoms with Crippen molar-refractivity contribution in [3.63, 3.8) is 0 Å². The van der Waals surface area contributed by atoms with E-state index in [0.29, 0.717) is 11.0 Å². The highest BCUT2D eigenvalue weighted by atomic mass is 35.5. The van der Waals surface area contributed by atoms with Crippen LogP contribution in [0, 0.1) is 0 Å². The third kappa shape index (κ3) is 2.72. The number of thiazole rings is 1. The van der Waals surface area contributed by atoms with E-state index in [1.54, 1.807) is 6.20 Å². The second-order valence-electron chi connectivity index (χ2n) is 3.90. The van der Waals surface area contributed by atoms with Crippen molar-refractivity contribution in [2.45, 2.75) is 31.8 Å². The fraction of sp³-hybridized carbons (Fsp3) is 0.600. The van der Waals surface area contributed by atoms with Gasteiger partial charge in [-0.15, -0.1) is 11.3 Å². The van der Waals surface area contributed by atoms with E-state index in [2.05, 4.69) is 4.98 Å². The van der Waals surface area contributed by atoms with E-state index in [1.807, 2.05) is 4.90 Å². The minimum Gasteiger partial charge on any atom is -0.480 e. The largest absolute Gasteiger partial charge is 0.480 e. The van der Waals surface area contributed by atoms with Gasteiger partial charge in [0.15, 0.2) is 4.47 Å². The van der Waals surface area contributed by atoms with Gasteiger partial charge in [-0.1, -0.05) is 18.0 Å². The van der Waals surface area contributed by atoms with E-state index in [0.717, 1.165) is 30.7 Å². The van der Waals surface area contributed by atoms with Gasteiger partial charge in [-0.2, -0.15) is 0 Å². The maximum atomic E-state index is 11.1. The lowest BCUT2D eigenvalue weighted by atomic mass is 10.0. The Morgan fingerprint density at radius 1 is 1.69 bits per heavy atom. The molecule has 1 aliphatic heterocycles. The first kappa shape index (κ1) is 11.8. The summed E-state index contributed by atoms with van der Waals surface area (Å²) >= 11 is 7.16. The Kier molecular flexibility index (Phi) is 3.78. The van der Waals surface area contributed by atoms with Gasteiger partial charge in [-0.25, -0.2) is 4.98 Å². The lowest BCUT2D eigenvalue weighted by Gasteiger charge is -2.32. The average Bonchev–Trinajstić information content (AvgIpc) is 2.64. The smallest absolute Gasteiger partial charge is 0.320 e. The van der Waals surface area contributed by atoms with Gasteiger partial charge >= 0.3 is 5.97 Å². The molecule has 2 heterocycles. The Morgan fingerprint density at radius 3 is 3.12 bits per heavy atom. The van der Waals surface area contributed by atoms with Gasteiger partial charge in [-0.05, 0) is 19.4 Å². The molecular weight excluding hydrogens is 248 g/mol. The zero-order chi connectivity index (χ0) is 11.5. The van der Waals surface area contributed by atoms with Crippen LogP contribution < -0.4 is 0 Å². The molecule has 1 N–H and O–H groups in total. The van der Waals surface area contributed by atoms with Crippen LogP contribution in [0.15, 0.2) is 6.20 Å². The molecular formula is C10H13ClN2O2S. The van der Waals surface area contributed by atoms with Crippen molar-refractivity contribution in [2.24, 2.45) is 0 Å². The molecule has 1 aliphatic rings. The van der Waals surface area contributed by atoms with E-state index in [1.165, 1.54) is 11.3 Å². The number of carboxylic acid groups (broad SMARTS) is 1. The molecule has 0 aromatic carbocycles. The number of hydrogen-bond acceptors (Lipinski definition) is 4. The van der Waals surface area contributed by atoms with Crippen LogP contribution in [0.5, 0.6) is 0 Å². The number of carbonyl (C=O) groups is 1. The highest BCUT2D eigenvalue weighted by Gasteiger charge is 2.28. The third-order valence-corrected chi connectivity index (χ3v) is 3.88. The lowest BCUT2D eigenvalue weighted by Crippen LogP contribution is -2.43. The zero-order valence-electron chi connectivity index (χ0n) is 8.73. The van der Waals surface area contributed by atoms with Crippen LogP contribution >= 0.6 is 22.9 Å². The van der Waals surface area contributed by atoms with Crippen LogP contribution in [0.1, 0.15) is 24.1 Å². The van der Waals surface area contributed by atoms with E-state index >= 15 is 0 Å². The molecule has 1 aromatic heterocycles. The Labute approximate surface area is 103 Å². The standard InChI is InChI=1S/C10H13ClN2O2S/c11-10-12-5-7(16-10)6-13-4-2-1-3-8(13)9(14)15/h5,8H,1-4,6H2,(H,14,15)/t8-/m0/s1. The number of rotatable bonds is 3. The molecule has 0 amide bonds. The maximum absolute atomic E-state index is 11.1. The van der Waals surface area contributed by atoms with Crippen molar-refractivity contribution in [2.75, 3.05) is 6.54 Å². The molecule has 0 saturated carbocycles. The van der Waals surface area contributed by atoms with Gasteiger partial charge in [0.2, 0.25) is 0 Å². The molecule has 1 fully saturated rings. The molecule has 1 aromatic rings. The second kappa shape index (κ2) is 5.12. The summed E-state index contributed by atoms with van der Waals surface area (Å²) in [6.07, 6.45) is 4.52. The Bertz CT molecular complexity index is 383. The topological polar surface area (TPSA) is 53.4 Å². The van der Waals surface area contributed by atoms with Gasteiger partial charge in [0.05, 0.1) is 0 Å². The molecule has 0 radical (unpaired) electrons. The third-order valence-electron chi connectivity index (χ3n) is 2.78. The van der Waals surface area contributed by atoms with Crippen molar-refractivity contribution < 1.29 is 9.90 Å². The Hall–Kier alpha value is -0.650. The van der Waals surface area contributed by atoms with Crippen LogP contribution in [0.4, 0.5) is 0 Å². The van der Waals surface area contributed by atoms with Crippen LogP contribution in [0.3, 0.4) is 0 Å². The van der Waals surface area contributed by atoms with Gasteiger partial charge in [0.1, 0.15) is 6.04 Å². The van der Waals surface area contributed by atoms with Crippen LogP contribution in [0.2, 0.25) is 4.47 Å². The molecule has 6 heteroatoms. The van der Waals surface area contributed by atoms with Gasteiger partial charge in [-0.3, -0.25) is 9.69 Å². The number of likely N-dealkylation sites (tertiary alicyclic amines) is 1. The molecule has 0 unspecified atom stereocenters. The van der Waals surface area contributed by atoms with Crippen molar-refractivity contribution in [3.8, 4) is 0 Å². The van der Waals surface area contributed by atoms with Gasteiger partial charge < -0.3 is 5.11 Å². The summed E-state index contributed by atoms with van der Waals surface area (Å²) in [5.74, 6) is -0.727. The average molecular weight is 261 g/mol. The molecule has 1 saturated heterocycles. The summed E-state index contributed by atoms with van der Waals surface area (Å²) in [5, 5.41) is 9.11. The summed E-state index contributed by atoms with van der Waals surface area (Å²) in [4.78, 5) is 18.1. The van der Waals surface area contributed by atoms with Gasteiger partial charge in [0.25, 0.3) is 0 Å². The molecule has 0 spiro atoms. The Morgan fingerprint density at radius 2 is 2.50 bits per heavy atom. The number of carboxylic acids is 1. The number of aromatic nitrogens is 1. The SMILES string of the molecule is O=C(O)[C@@H]1CCCCN1Cc1cnc(Cl)s1. The number of aliphatic carboxylic acids is 1. The minimum atomic E-state index is -0.727. The number of nitrogens with zero attached hydrogens (tertiary/aromatic N) is 2. The maximum Gasteiger partial charge on any atom is 0.320 e. The van der Waals surface area contributed by atoms with Crippen molar-refractivity contribution in [3.05, 3.63) is 15.5 Å². The predicted octanol–water partition coefficient (Wildman–Crippen LogP) is 2.24. The fourth-order valence-electron chi connectivity index (χ4n) is 2.02. The fourth-order valence-corrected chi connectivity index (χ4v) is 3.02. The lowest BCUT2D eigenvalue weighted by molar-refractivity contribution is -0.144. The monoisotopic (exact) mass is 260 g/mol. The van der Waals surface area contributed by atoms with Crippen molar-refractivity contribution in [1.82, 2.24) is 9.88 Å². The first-order valence-electron chi connectivity index (χ1n) is 5.24. The predicted molar refractivity (Wildman–Crippen MR) is 62.8 cm³/mol. The summed E-state index contributed by atoms with van der Waals surface area (Å²) in [5.41, 5.74) is 0. The normalized spacial score (nSPS) is 22.2. The van der Waals surface area contributed by atoms with Gasteiger partial charge in [0, 0.05) is 17.6 Å². The quantitative estimate of drug-likeness (QED) is 0.906. The number of piperidine rings is 1. The molecule has 4 nitrogen and oxygen atoms in total. The van der Waals surface area contributed by atoms with E-state index in [-0.39, 0.29) is 6.04 Å². The molecule has 0 aliphatic carbocycles. The minimum absolute atomic E-state index is 0.352.